The zero-order valence-corrected chi connectivity index (χ0v) is 8.06. The Balaban J connectivity index is 2.82. The highest BCUT2D eigenvalue weighted by atomic mass is 16.5. The maximum Gasteiger partial charge on any atom is 0.223 e. The zero-order valence-electron chi connectivity index (χ0n) is 8.06. The first-order valence-corrected chi connectivity index (χ1v) is 4.22. The molecule has 0 atom stereocenters. The van der Waals surface area contributed by atoms with Gasteiger partial charge in [-0.1, -0.05) is 6.08 Å². The van der Waals surface area contributed by atoms with Gasteiger partial charge in [0.15, 0.2) is 5.75 Å². The van der Waals surface area contributed by atoms with Crippen LogP contribution in [0, 0.1) is 0 Å². The highest BCUT2D eigenvalue weighted by molar-refractivity contribution is 5.19. The Morgan fingerprint density at radius 1 is 1.71 bits per heavy atom. The Kier molecular flexibility index (Phi) is 3.48. The summed E-state index contributed by atoms with van der Waals surface area (Å²) in [6.07, 6.45) is 3.01. The Morgan fingerprint density at radius 3 is 3.07 bits per heavy atom. The van der Waals surface area contributed by atoms with Crippen LogP contribution in [-0.4, -0.2) is 16.3 Å². The van der Waals surface area contributed by atoms with Crippen molar-refractivity contribution in [1.29, 1.82) is 0 Å². The predicted octanol–water partition coefficient (Wildman–Crippen LogP) is 0.793. The van der Waals surface area contributed by atoms with Crippen LogP contribution in [-0.2, 0) is 18.4 Å². The van der Waals surface area contributed by atoms with Crippen molar-refractivity contribution in [1.82, 2.24) is 4.57 Å². The summed E-state index contributed by atoms with van der Waals surface area (Å²) in [5, 5.41) is 9.11. The number of rotatable bonds is 4. The van der Waals surface area contributed by atoms with E-state index in [1.54, 1.807) is 17.7 Å². The molecule has 0 saturated heterocycles. The molecular weight excluding hydrogens is 182 g/mol. The molecule has 0 unspecified atom stereocenters. The molecule has 0 spiro atoms. The van der Waals surface area contributed by atoms with Gasteiger partial charge >= 0.3 is 0 Å². The highest BCUT2D eigenvalue weighted by Gasteiger charge is 2.02. The van der Waals surface area contributed by atoms with Gasteiger partial charge in [0, 0.05) is 25.0 Å². The normalized spacial score (nSPS) is 10.1. The van der Waals surface area contributed by atoms with Crippen LogP contribution in [0.1, 0.15) is 5.69 Å². The summed E-state index contributed by atoms with van der Waals surface area (Å²) >= 11 is 0. The fraction of sp³-hybridized carbons (Fsp3) is 0.300. The van der Waals surface area contributed by atoms with Crippen LogP contribution >= 0.6 is 0 Å². The number of aromatic nitrogens is 1. The van der Waals surface area contributed by atoms with Crippen LogP contribution in [0.3, 0.4) is 0 Å². The number of hydrogen-bond acceptors (Lipinski definition) is 3. The average molecular weight is 195 g/mol. The summed E-state index contributed by atoms with van der Waals surface area (Å²) in [5.74, 6) is -0.250. The first-order chi connectivity index (χ1) is 6.65. The van der Waals surface area contributed by atoms with E-state index in [0.717, 1.165) is 5.69 Å². The second kappa shape index (κ2) is 4.62. The summed E-state index contributed by atoms with van der Waals surface area (Å²) in [5.41, 5.74) is 0.329. The Labute approximate surface area is 82.1 Å². The molecule has 0 saturated carbocycles. The van der Waals surface area contributed by atoms with E-state index in [2.05, 4.69) is 6.58 Å². The van der Waals surface area contributed by atoms with E-state index >= 15 is 0 Å². The molecule has 0 amide bonds. The average Bonchev–Trinajstić information content (AvgIpc) is 2.14. The molecule has 0 aromatic carbocycles. The van der Waals surface area contributed by atoms with Gasteiger partial charge in [-0.15, -0.1) is 6.58 Å². The maximum atomic E-state index is 11.1. The number of aryl methyl sites for hydroxylation is 1. The number of ether oxygens (including phenoxy) is 1. The first kappa shape index (κ1) is 10.5. The zero-order chi connectivity index (χ0) is 10.6. The quantitative estimate of drug-likeness (QED) is 0.571. The van der Waals surface area contributed by atoms with Gasteiger partial charge < -0.3 is 14.4 Å². The van der Waals surface area contributed by atoms with Crippen molar-refractivity contribution >= 4 is 0 Å². The molecular formula is C10H13NO3. The molecule has 0 aliphatic rings. The van der Waals surface area contributed by atoms with Crippen molar-refractivity contribution in [3.05, 3.63) is 40.8 Å². The van der Waals surface area contributed by atoms with Gasteiger partial charge in [0.25, 0.3) is 0 Å². The standard InChI is InChI=1S/C10H13NO3/c1-3-4-14-7-8-5-9(12)10(13)6-11(8)2/h3,5-6,13H,1,4,7H2,2H3. The molecule has 1 aromatic heterocycles. The SMILES string of the molecule is C=CCOCc1cc(=O)c(O)cn1C. The fourth-order valence-corrected chi connectivity index (χ4v) is 1.05. The maximum absolute atomic E-state index is 11.1. The first-order valence-electron chi connectivity index (χ1n) is 4.22. The molecule has 76 valence electrons. The van der Waals surface area contributed by atoms with Gasteiger partial charge in [0.05, 0.1) is 13.2 Å². The van der Waals surface area contributed by atoms with Gasteiger partial charge in [0.1, 0.15) is 0 Å². The lowest BCUT2D eigenvalue weighted by Crippen LogP contribution is -2.10. The van der Waals surface area contributed by atoms with Crippen molar-refractivity contribution in [3.8, 4) is 5.75 Å². The minimum absolute atomic E-state index is 0.250. The summed E-state index contributed by atoms with van der Waals surface area (Å²) in [6.45, 7) is 4.28. The second-order valence-corrected chi connectivity index (χ2v) is 2.93. The van der Waals surface area contributed by atoms with E-state index < -0.39 is 0 Å². The fourth-order valence-electron chi connectivity index (χ4n) is 1.05. The monoisotopic (exact) mass is 195 g/mol. The molecule has 14 heavy (non-hydrogen) atoms. The summed E-state index contributed by atoms with van der Waals surface area (Å²) in [4.78, 5) is 11.1. The highest BCUT2D eigenvalue weighted by Crippen LogP contribution is 2.04. The molecule has 0 radical (unpaired) electrons. The van der Waals surface area contributed by atoms with Crippen molar-refractivity contribution in [2.24, 2.45) is 7.05 Å². The second-order valence-electron chi connectivity index (χ2n) is 2.93. The molecule has 1 rings (SSSR count). The van der Waals surface area contributed by atoms with E-state index in [9.17, 15) is 4.79 Å². The van der Waals surface area contributed by atoms with Crippen molar-refractivity contribution < 1.29 is 9.84 Å². The van der Waals surface area contributed by atoms with Gasteiger partial charge in [0.2, 0.25) is 5.43 Å². The minimum atomic E-state index is -0.389. The minimum Gasteiger partial charge on any atom is -0.503 e. The van der Waals surface area contributed by atoms with E-state index in [1.165, 1.54) is 12.3 Å². The van der Waals surface area contributed by atoms with Gasteiger partial charge in [-0.05, 0) is 0 Å². The van der Waals surface area contributed by atoms with Crippen LogP contribution in [0.5, 0.6) is 5.75 Å². The largest absolute Gasteiger partial charge is 0.503 e. The van der Waals surface area contributed by atoms with Crippen LogP contribution in [0.15, 0.2) is 29.7 Å². The van der Waals surface area contributed by atoms with Crippen LogP contribution in [0.2, 0.25) is 0 Å². The summed E-state index contributed by atoms with van der Waals surface area (Å²) in [7, 11) is 1.74. The van der Waals surface area contributed by atoms with E-state index in [0.29, 0.717) is 13.2 Å². The smallest absolute Gasteiger partial charge is 0.223 e. The van der Waals surface area contributed by atoms with E-state index in [4.69, 9.17) is 9.84 Å². The summed E-state index contributed by atoms with van der Waals surface area (Å²) in [6, 6.07) is 1.36. The van der Waals surface area contributed by atoms with Crippen molar-refractivity contribution in [3.63, 3.8) is 0 Å². The van der Waals surface area contributed by atoms with Gasteiger partial charge in [-0.3, -0.25) is 4.79 Å². The molecule has 1 aromatic rings. The Hall–Kier alpha value is -1.55. The van der Waals surface area contributed by atoms with Crippen LogP contribution < -0.4 is 5.43 Å². The lowest BCUT2D eigenvalue weighted by molar-refractivity contribution is 0.143. The topological polar surface area (TPSA) is 51.5 Å². The number of aromatic hydroxyl groups is 1. The lowest BCUT2D eigenvalue weighted by Gasteiger charge is -2.08. The number of hydrogen-bond donors (Lipinski definition) is 1. The Morgan fingerprint density at radius 2 is 2.43 bits per heavy atom. The van der Waals surface area contributed by atoms with Crippen LogP contribution in [0.25, 0.3) is 0 Å². The van der Waals surface area contributed by atoms with E-state index in [1.807, 2.05) is 0 Å². The molecule has 1 heterocycles. The molecule has 0 aliphatic carbocycles. The van der Waals surface area contributed by atoms with E-state index in [-0.39, 0.29) is 11.2 Å². The number of pyridine rings is 1. The third kappa shape index (κ3) is 2.47. The third-order valence-corrected chi connectivity index (χ3v) is 1.80. The molecule has 4 heteroatoms. The summed E-state index contributed by atoms with van der Waals surface area (Å²) < 4.78 is 6.84. The molecule has 4 nitrogen and oxygen atoms in total. The predicted molar refractivity (Wildman–Crippen MR) is 53.2 cm³/mol. The molecule has 0 fully saturated rings. The molecule has 0 bridgehead atoms. The molecule has 1 N–H and O–H groups in total. The number of nitrogens with zero attached hydrogens (tertiary/aromatic N) is 1. The van der Waals surface area contributed by atoms with Gasteiger partial charge in [-0.25, -0.2) is 0 Å². The van der Waals surface area contributed by atoms with Gasteiger partial charge in [-0.2, -0.15) is 0 Å². The molecule has 0 aliphatic heterocycles. The van der Waals surface area contributed by atoms with Crippen molar-refractivity contribution in [2.45, 2.75) is 6.61 Å². The Bertz CT molecular complexity index is 381. The van der Waals surface area contributed by atoms with Crippen LogP contribution in [0.4, 0.5) is 0 Å². The lowest BCUT2D eigenvalue weighted by atomic mass is 10.3. The third-order valence-electron chi connectivity index (χ3n) is 1.80. The van der Waals surface area contributed by atoms with Crippen molar-refractivity contribution in [2.75, 3.05) is 6.61 Å².